The third-order valence-electron chi connectivity index (χ3n) is 8.47. The van der Waals surface area contributed by atoms with Crippen LogP contribution >= 0.6 is 0 Å². The van der Waals surface area contributed by atoms with Gasteiger partial charge in [0.25, 0.3) is 0 Å². The van der Waals surface area contributed by atoms with Crippen LogP contribution in [0.4, 0.5) is 10.5 Å². The maximum Gasteiger partial charge on any atom is 0.407 e. The number of alkyl carbamates (subject to hydrolysis) is 1. The predicted molar refractivity (Wildman–Crippen MR) is 158 cm³/mol. The predicted octanol–water partition coefficient (Wildman–Crippen LogP) is 6.25. The van der Waals surface area contributed by atoms with Crippen molar-refractivity contribution in [2.24, 2.45) is 5.92 Å². The number of amides is 2. The fraction of sp³-hybridized carbons (Fsp3) is 0.531. The van der Waals surface area contributed by atoms with Crippen LogP contribution in [0.1, 0.15) is 89.3 Å². The Hall–Kier alpha value is -3.55. The molecule has 0 spiro atoms. The number of carbonyl (C=O) groups is 2. The van der Waals surface area contributed by atoms with Crippen molar-refractivity contribution in [2.75, 3.05) is 25.1 Å². The summed E-state index contributed by atoms with van der Waals surface area (Å²) < 4.78 is 4.76. The van der Waals surface area contributed by atoms with Crippen molar-refractivity contribution in [1.29, 1.82) is 0 Å². The summed E-state index contributed by atoms with van der Waals surface area (Å²) in [5.41, 5.74) is 5.92. The summed E-state index contributed by atoms with van der Waals surface area (Å²) in [6.07, 6.45) is 3.41. The first-order valence-corrected chi connectivity index (χ1v) is 14.6. The average Bonchev–Trinajstić information content (AvgIpc) is 3.69. The van der Waals surface area contributed by atoms with Crippen molar-refractivity contribution >= 4 is 28.7 Å². The largest absolute Gasteiger partial charge is 0.453 e. The van der Waals surface area contributed by atoms with Crippen LogP contribution in [0, 0.1) is 5.92 Å². The fourth-order valence-corrected chi connectivity index (χ4v) is 6.18. The molecule has 8 nitrogen and oxygen atoms in total. The summed E-state index contributed by atoms with van der Waals surface area (Å²) in [5.74, 6) is 0.646. The van der Waals surface area contributed by atoms with E-state index in [-0.39, 0.29) is 23.3 Å². The van der Waals surface area contributed by atoms with Gasteiger partial charge in [0, 0.05) is 18.8 Å². The number of ether oxygens (including phenoxy) is 1. The number of fused-ring (bicyclic) bond motifs is 1. The molecule has 40 heavy (non-hydrogen) atoms. The molecular formula is C32H43N5O3. The first kappa shape index (κ1) is 28.0. The van der Waals surface area contributed by atoms with E-state index in [1.54, 1.807) is 0 Å². The number of hydrogen-bond acceptors (Lipinski definition) is 5. The summed E-state index contributed by atoms with van der Waals surface area (Å²) in [7, 11) is 1.31. The van der Waals surface area contributed by atoms with E-state index >= 15 is 0 Å². The van der Waals surface area contributed by atoms with Crippen molar-refractivity contribution in [3.05, 3.63) is 59.4 Å². The van der Waals surface area contributed by atoms with Gasteiger partial charge in [-0.05, 0) is 72.4 Å². The molecule has 3 aromatic rings. The highest BCUT2D eigenvalue weighted by Crippen LogP contribution is 2.38. The zero-order valence-corrected chi connectivity index (χ0v) is 24.7. The zero-order valence-electron chi connectivity index (χ0n) is 24.7. The number of nitrogens with zero attached hydrogens (tertiary/aromatic N) is 3. The zero-order chi connectivity index (χ0) is 28.6. The molecule has 8 heteroatoms. The molecule has 5 rings (SSSR count). The Labute approximate surface area is 237 Å². The number of hydrogen-bond donors (Lipinski definition) is 2. The molecule has 0 radical (unpaired) electrons. The third-order valence-corrected chi connectivity index (χ3v) is 8.47. The monoisotopic (exact) mass is 545 g/mol. The Balaban J connectivity index is 1.37. The summed E-state index contributed by atoms with van der Waals surface area (Å²) in [6, 6.07) is 15.1. The molecule has 0 aliphatic carbocycles. The molecule has 3 atom stereocenters. The van der Waals surface area contributed by atoms with Crippen LogP contribution in [-0.2, 0) is 14.9 Å². The Kier molecular flexibility index (Phi) is 7.80. The van der Waals surface area contributed by atoms with Crippen LogP contribution in [0.5, 0.6) is 0 Å². The van der Waals surface area contributed by atoms with Gasteiger partial charge in [0.2, 0.25) is 5.91 Å². The average molecular weight is 546 g/mol. The highest BCUT2D eigenvalue weighted by Gasteiger charge is 2.37. The molecule has 2 N–H and O–H groups in total. The Morgan fingerprint density at radius 2 is 1.73 bits per heavy atom. The second kappa shape index (κ2) is 11.1. The first-order chi connectivity index (χ1) is 19.1. The lowest BCUT2D eigenvalue weighted by Crippen LogP contribution is -2.51. The van der Waals surface area contributed by atoms with Gasteiger partial charge in [-0.15, -0.1) is 0 Å². The number of methoxy groups -OCH3 is 1. The highest BCUT2D eigenvalue weighted by molar-refractivity contribution is 5.86. The Morgan fingerprint density at radius 3 is 2.40 bits per heavy atom. The highest BCUT2D eigenvalue weighted by atomic mass is 16.5. The van der Waals surface area contributed by atoms with Crippen LogP contribution in [-0.4, -0.2) is 53.1 Å². The first-order valence-electron chi connectivity index (χ1n) is 14.6. The van der Waals surface area contributed by atoms with E-state index in [4.69, 9.17) is 9.72 Å². The quantitative estimate of drug-likeness (QED) is 0.382. The van der Waals surface area contributed by atoms with Crippen LogP contribution < -0.4 is 10.2 Å². The van der Waals surface area contributed by atoms with Gasteiger partial charge in [-0.2, -0.15) is 0 Å². The van der Waals surface area contributed by atoms with Gasteiger partial charge >= 0.3 is 6.09 Å². The number of anilines is 1. The molecule has 2 amide bonds. The minimum absolute atomic E-state index is 0.0647. The maximum atomic E-state index is 13.5. The van der Waals surface area contributed by atoms with Crippen molar-refractivity contribution < 1.29 is 14.3 Å². The molecule has 2 aliphatic heterocycles. The molecule has 2 aliphatic rings. The van der Waals surface area contributed by atoms with Crippen molar-refractivity contribution in [1.82, 2.24) is 20.2 Å². The molecule has 2 unspecified atom stereocenters. The number of likely N-dealkylation sites (tertiary alicyclic amines) is 1. The van der Waals surface area contributed by atoms with Gasteiger partial charge in [-0.25, -0.2) is 9.78 Å². The van der Waals surface area contributed by atoms with Crippen LogP contribution in [0.2, 0.25) is 0 Å². The van der Waals surface area contributed by atoms with Crippen LogP contribution in [0.3, 0.4) is 0 Å². The lowest BCUT2D eigenvalue weighted by molar-refractivity contribution is -0.135. The molecule has 2 saturated heterocycles. The van der Waals surface area contributed by atoms with Gasteiger partial charge in [-0.3, -0.25) is 4.79 Å². The van der Waals surface area contributed by atoms with E-state index in [0.717, 1.165) is 49.1 Å². The summed E-state index contributed by atoms with van der Waals surface area (Å²) in [6.45, 7) is 12.3. The number of aromatic amines is 1. The standard InChI is InChI=1S/C32H43N5O3/c1-20(2)28(35-31(39)40-6)30(38)37-18-8-10-27(37)29-33-24-16-11-21(19-25(24)34-29)26-9-7-17-36(26)23-14-12-22(13-15-23)32(3,4)5/h11-16,19-20,26-28H,7-10,17-18H2,1-6H3,(H,33,34)(H,35,39)/t26-,27?,28?/m1/s1. The van der Waals surface area contributed by atoms with Crippen LogP contribution in [0.25, 0.3) is 11.0 Å². The van der Waals surface area contributed by atoms with Gasteiger partial charge in [0.1, 0.15) is 11.9 Å². The van der Waals surface area contributed by atoms with E-state index in [0.29, 0.717) is 12.6 Å². The number of benzene rings is 2. The van der Waals surface area contributed by atoms with Gasteiger partial charge in [0.05, 0.1) is 30.2 Å². The lowest BCUT2D eigenvalue weighted by atomic mass is 9.87. The molecular weight excluding hydrogens is 502 g/mol. The fourth-order valence-electron chi connectivity index (χ4n) is 6.18. The minimum atomic E-state index is -0.644. The molecule has 3 heterocycles. The van der Waals surface area contributed by atoms with E-state index in [1.165, 1.54) is 23.9 Å². The summed E-state index contributed by atoms with van der Waals surface area (Å²) >= 11 is 0. The normalized spacial score (nSPS) is 20.4. The molecule has 214 valence electrons. The van der Waals surface area contributed by atoms with Crippen molar-refractivity contribution in [3.63, 3.8) is 0 Å². The topological polar surface area (TPSA) is 90.6 Å². The third kappa shape index (κ3) is 5.54. The molecule has 1 aromatic heterocycles. The van der Waals surface area contributed by atoms with Gasteiger partial charge in [0.15, 0.2) is 0 Å². The number of carbonyl (C=O) groups excluding carboxylic acids is 2. The molecule has 2 fully saturated rings. The second-order valence-electron chi connectivity index (χ2n) is 12.6. The van der Waals surface area contributed by atoms with E-state index in [9.17, 15) is 9.59 Å². The van der Waals surface area contributed by atoms with E-state index < -0.39 is 12.1 Å². The lowest BCUT2D eigenvalue weighted by Gasteiger charge is -2.29. The Bertz CT molecular complexity index is 1360. The summed E-state index contributed by atoms with van der Waals surface area (Å²) in [4.78, 5) is 38.3. The number of H-pyrrole nitrogens is 1. The van der Waals surface area contributed by atoms with E-state index in [1.807, 2.05) is 18.7 Å². The van der Waals surface area contributed by atoms with Crippen molar-refractivity contribution in [3.8, 4) is 0 Å². The van der Waals surface area contributed by atoms with Gasteiger partial charge in [-0.1, -0.05) is 52.8 Å². The van der Waals surface area contributed by atoms with Gasteiger partial charge < -0.3 is 24.8 Å². The number of nitrogens with one attached hydrogen (secondary N) is 2. The van der Waals surface area contributed by atoms with Crippen molar-refractivity contribution in [2.45, 2.75) is 83.8 Å². The van der Waals surface area contributed by atoms with E-state index in [2.05, 4.69) is 78.4 Å². The SMILES string of the molecule is COC(=O)NC(C(=O)N1CCCC1c1nc2cc([C@H]3CCCN3c3ccc(C(C)(C)C)cc3)ccc2[nH]1)C(C)C. The second-order valence-corrected chi connectivity index (χ2v) is 12.6. The number of rotatable bonds is 6. The smallest absolute Gasteiger partial charge is 0.407 e. The summed E-state index contributed by atoms with van der Waals surface area (Å²) in [5, 5.41) is 2.72. The number of imidazole rings is 1. The molecule has 2 aromatic carbocycles. The van der Waals surface area contributed by atoms with Crippen LogP contribution in [0.15, 0.2) is 42.5 Å². The molecule has 0 saturated carbocycles. The molecule has 0 bridgehead atoms. The Morgan fingerprint density at radius 1 is 1.02 bits per heavy atom. The maximum absolute atomic E-state index is 13.5. The number of aromatic nitrogens is 2. The minimum Gasteiger partial charge on any atom is -0.453 e.